The van der Waals surface area contributed by atoms with Crippen LogP contribution in [0.4, 0.5) is 0 Å². The Morgan fingerprint density at radius 3 is 2.55 bits per heavy atom. The number of nitrogens with zero attached hydrogens (tertiary/aromatic N) is 2. The van der Waals surface area contributed by atoms with E-state index in [1.54, 1.807) is 12.4 Å². The van der Waals surface area contributed by atoms with Crippen LogP contribution in [0.5, 0.6) is 0 Å². The van der Waals surface area contributed by atoms with Crippen LogP contribution >= 0.6 is 0 Å². The predicted molar refractivity (Wildman–Crippen MR) is 95.2 cm³/mol. The van der Waals surface area contributed by atoms with Crippen molar-refractivity contribution in [2.45, 2.75) is 47.5 Å². The lowest BCUT2D eigenvalue weighted by molar-refractivity contribution is 0.319. The van der Waals surface area contributed by atoms with Crippen molar-refractivity contribution < 1.29 is 5.21 Å². The summed E-state index contributed by atoms with van der Waals surface area (Å²) < 4.78 is 0. The molecular weight excluding hydrogens is 272 g/mol. The van der Waals surface area contributed by atoms with Crippen LogP contribution in [0.15, 0.2) is 51.8 Å². The molecule has 0 atom stereocenters. The Hall–Kier alpha value is -2.16. The number of rotatable bonds is 6. The minimum Gasteiger partial charge on any atom is -0.410 e. The van der Waals surface area contributed by atoms with Gasteiger partial charge in [-0.3, -0.25) is 4.99 Å². The van der Waals surface area contributed by atoms with Gasteiger partial charge in [0.1, 0.15) is 5.71 Å². The molecule has 0 spiro atoms. The maximum Gasteiger partial charge on any atom is 0.119 e. The van der Waals surface area contributed by atoms with Gasteiger partial charge >= 0.3 is 0 Å². The minimum absolute atomic E-state index is 0.577. The van der Waals surface area contributed by atoms with Crippen molar-refractivity contribution in [3.8, 4) is 0 Å². The minimum atomic E-state index is 0.577. The molecule has 1 aromatic rings. The Kier molecular flexibility index (Phi) is 7.30. The van der Waals surface area contributed by atoms with E-state index in [-0.39, 0.29) is 0 Å². The summed E-state index contributed by atoms with van der Waals surface area (Å²) in [6.45, 7) is 10.1. The summed E-state index contributed by atoms with van der Waals surface area (Å²) in [7, 11) is 0. The van der Waals surface area contributed by atoms with Crippen LogP contribution < -0.4 is 0 Å². The van der Waals surface area contributed by atoms with Crippen molar-refractivity contribution in [2.24, 2.45) is 10.1 Å². The first-order chi connectivity index (χ1) is 10.6. The summed E-state index contributed by atoms with van der Waals surface area (Å²) in [4.78, 5) is 4.21. The topological polar surface area (TPSA) is 45.0 Å². The maximum atomic E-state index is 9.65. The first-order valence-electron chi connectivity index (χ1n) is 7.73. The third-order valence-electron chi connectivity index (χ3n) is 3.73. The molecule has 0 unspecified atom stereocenters. The van der Waals surface area contributed by atoms with Crippen LogP contribution in [0.25, 0.3) is 0 Å². The highest BCUT2D eigenvalue weighted by molar-refractivity contribution is 6.15. The lowest BCUT2D eigenvalue weighted by Gasteiger charge is -2.15. The number of benzene rings is 1. The van der Waals surface area contributed by atoms with E-state index in [9.17, 15) is 5.21 Å². The van der Waals surface area contributed by atoms with Crippen molar-refractivity contribution in [3.63, 3.8) is 0 Å². The quantitative estimate of drug-likeness (QED) is 0.339. The van der Waals surface area contributed by atoms with E-state index in [1.807, 2.05) is 39.0 Å². The number of oxime groups is 1. The summed E-state index contributed by atoms with van der Waals surface area (Å²) in [5.41, 5.74) is 5.87. The fraction of sp³-hybridized carbons (Fsp3) is 0.368. The van der Waals surface area contributed by atoms with Gasteiger partial charge in [-0.25, -0.2) is 0 Å². The second-order valence-corrected chi connectivity index (χ2v) is 5.22. The van der Waals surface area contributed by atoms with Gasteiger partial charge in [-0.05, 0) is 50.8 Å². The molecule has 0 radical (unpaired) electrons. The number of aliphatic imine (C=N–C) groups is 1. The maximum absolute atomic E-state index is 9.65. The van der Waals surface area contributed by atoms with Crippen LogP contribution in [0.2, 0.25) is 0 Å². The second kappa shape index (κ2) is 8.98. The monoisotopic (exact) mass is 298 g/mol. The van der Waals surface area contributed by atoms with Crippen LogP contribution in [0, 0.1) is 6.92 Å². The van der Waals surface area contributed by atoms with Crippen molar-refractivity contribution >= 4 is 11.9 Å². The SMILES string of the molecule is CC=N/C=C(C(\C)=C/C)/C(=N/O)c1cccc(C)c1CCC. The Balaban J connectivity index is 3.52. The van der Waals surface area contributed by atoms with E-state index < -0.39 is 0 Å². The van der Waals surface area contributed by atoms with Gasteiger partial charge in [0, 0.05) is 23.6 Å². The van der Waals surface area contributed by atoms with Crippen molar-refractivity contribution in [1.82, 2.24) is 0 Å². The molecular formula is C19H26N2O. The van der Waals surface area contributed by atoms with Crippen LogP contribution in [-0.4, -0.2) is 17.1 Å². The zero-order chi connectivity index (χ0) is 16.5. The highest BCUT2D eigenvalue weighted by Gasteiger charge is 2.17. The van der Waals surface area contributed by atoms with Gasteiger partial charge in [-0.2, -0.15) is 0 Å². The summed E-state index contributed by atoms with van der Waals surface area (Å²) in [6, 6.07) is 6.11. The molecule has 1 N–H and O–H groups in total. The fourth-order valence-electron chi connectivity index (χ4n) is 2.41. The molecule has 0 aliphatic heterocycles. The van der Waals surface area contributed by atoms with Gasteiger partial charge in [0.05, 0.1) is 0 Å². The van der Waals surface area contributed by atoms with E-state index in [1.165, 1.54) is 11.1 Å². The zero-order valence-corrected chi connectivity index (χ0v) is 14.2. The number of allylic oxidation sites excluding steroid dienone is 3. The Bertz CT molecular complexity index is 622. The molecule has 0 fully saturated rings. The lowest BCUT2D eigenvalue weighted by Crippen LogP contribution is -2.11. The summed E-state index contributed by atoms with van der Waals surface area (Å²) in [6.07, 6.45) is 7.48. The zero-order valence-electron chi connectivity index (χ0n) is 14.2. The number of aryl methyl sites for hydroxylation is 1. The third kappa shape index (κ3) is 4.17. The first-order valence-corrected chi connectivity index (χ1v) is 7.73. The third-order valence-corrected chi connectivity index (χ3v) is 3.73. The number of hydrogen-bond acceptors (Lipinski definition) is 3. The van der Waals surface area contributed by atoms with E-state index in [4.69, 9.17) is 0 Å². The molecule has 0 saturated carbocycles. The molecule has 1 aromatic carbocycles. The normalized spacial score (nSPS) is 14.0. The molecule has 0 saturated heterocycles. The molecule has 1 rings (SSSR count). The standard InChI is InChI=1S/C19H26N2O/c1-6-10-16-15(5)11-9-12-17(16)19(21-22)18(13-20-8-3)14(4)7-2/h7-9,11-13,22H,6,10H2,1-5H3/b14-7-,18-13+,20-8?,21-19+. The largest absolute Gasteiger partial charge is 0.410 e. The Morgan fingerprint density at radius 1 is 1.27 bits per heavy atom. The first kappa shape index (κ1) is 17.9. The molecule has 0 bridgehead atoms. The van der Waals surface area contributed by atoms with Gasteiger partial charge in [0.15, 0.2) is 0 Å². The van der Waals surface area contributed by atoms with E-state index in [0.717, 1.165) is 29.6 Å². The highest BCUT2D eigenvalue weighted by Crippen LogP contribution is 2.23. The second-order valence-electron chi connectivity index (χ2n) is 5.22. The van der Waals surface area contributed by atoms with E-state index in [0.29, 0.717) is 5.71 Å². The van der Waals surface area contributed by atoms with Crippen molar-refractivity contribution in [2.75, 3.05) is 0 Å². The molecule has 3 heteroatoms. The van der Waals surface area contributed by atoms with Gasteiger partial charge in [-0.1, -0.05) is 42.8 Å². The van der Waals surface area contributed by atoms with Gasteiger partial charge < -0.3 is 5.21 Å². The average molecular weight is 298 g/mol. The summed E-state index contributed by atoms with van der Waals surface area (Å²) in [5.74, 6) is 0. The van der Waals surface area contributed by atoms with Crippen LogP contribution in [-0.2, 0) is 6.42 Å². The molecule has 0 amide bonds. The Labute approximate surface area is 133 Å². The number of hydrogen-bond donors (Lipinski definition) is 1. The van der Waals surface area contributed by atoms with Gasteiger partial charge in [0.25, 0.3) is 0 Å². The van der Waals surface area contributed by atoms with Gasteiger partial charge in [0.2, 0.25) is 0 Å². The van der Waals surface area contributed by atoms with Crippen LogP contribution in [0.1, 0.15) is 50.8 Å². The molecule has 0 aliphatic rings. The van der Waals surface area contributed by atoms with Crippen LogP contribution in [0.3, 0.4) is 0 Å². The van der Waals surface area contributed by atoms with E-state index >= 15 is 0 Å². The van der Waals surface area contributed by atoms with Crippen molar-refractivity contribution in [1.29, 1.82) is 0 Å². The van der Waals surface area contributed by atoms with Gasteiger partial charge in [-0.15, -0.1) is 0 Å². The molecule has 0 aromatic heterocycles. The van der Waals surface area contributed by atoms with Crippen molar-refractivity contribution in [3.05, 3.63) is 58.3 Å². The molecule has 118 valence electrons. The predicted octanol–water partition coefficient (Wildman–Crippen LogP) is 5.07. The summed E-state index contributed by atoms with van der Waals surface area (Å²) in [5, 5.41) is 13.2. The molecule has 0 heterocycles. The lowest BCUT2D eigenvalue weighted by atomic mass is 9.90. The van der Waals surface area contributed by atoms with E-state index in [2.05, 4.69) is 30.1 Å². The molecule has 3 nitrogen and oxygen atoms in total. The average Bonchev–Trinajstić information content (AvgIpc) is 2.53. The Morgan fingerprint density at radius 2 is 2.00 bits per heavy atom. The fourth-order valence-corrected chi connectivity index (χ4v) is 2.41. The highest BCUT2D eigenvalue weighted by atomic mass is 16.4. The molecule has 22 heavy (non-hydrogen) atoms. The summed E-state index contributed by atoms with van der Waals surface area (Å²) >= 11 is 0. The molecule has 0 aliphatic carbocycles. The smallest absolute Gasteiger partial charge is 0.119 e.